The quantitative estimate of drug-likeness (QED) is 0.734. The van der Waals surface area contributed by atoms with Gasteiger partial charge in [-0.1, -0.05) is 18.7 Å². The summed E-state index contributed by atoms with van der Waals surface area (Å²) < 4.78 is 43.6. The van der Waals surface area contributed by atoms with Gasteiger partial charge in [0.2, 0.25) is 0 Å². The molecule has 2 aromatic rings. The van der Waals surface area contributed by atoms with Gasteiger partial charge in [0.1, 0.15) is 0 Å². The number of hydrogen-bond donors (Lipinski definition) is 0. The first-order chi connectivity index (χ1) is 8.82. The van der Waals surface area contributed by atoms with Crippen LogP contribution < -0.4 is 5.43 Å². The van der Waals surface area contributed by atoms with E-state index in [2.05, 4.69) is 15.9 Å². The smallest absolute Gasteiger partial charge is 0.416 e. The number of rotatable bonds is 2. The van der Waals surface area contributed by atoms with Crippen molar-refractivity contribution in [2.75, 3.05) is 5.75 Å². The van der Waals surface area contributed by atoms with Gasteiger partial charge in [-0.25, -0.2) is 0 Å². The van der Waals surface area contributed by atoms with Crippen molar-refractivity contribution >= 4 is 38.7 Å². The average molecular weight is 353 g/mol. The molecule has 19 heavy (non-hydrogen) atoms. The van der Waals surface area contributed by atoms with E-state index in [4.69, 9.17) is 4.42 Å². The Morgan fingerprint density at radius 2 is 2.00 bits per heavy atom. The fourth-order valence-corrected chi connectivity index (χ4v) is 2.73. The summed E-state index contributed by atoms with van der Waals surface area (Å²) in [5.41, 5.74) is -1.23. The zero-order chi connectivity index (χ0) is 14.2. The minimum Gasteiger partial charge on any atom is -0.448 e. The molecule has 0 saturated heterocycles. The molecule has 102 valence electrons. The Hall–Kier alpha value is -0.950. The van der Waals surface area contributed by atoms with Crippen molar-refractivity contribution in [1.29, 1.82) is 0 Å². The molecule has 2 rings (SSSR count). The second kappa shape index (κ2) is 5.20. The molecule has 0 saturated carbocycles. The largest absolute Gasteiger partial charge is 0.448 e. The lowest BCUT2D eigenvalue weighted by atomic mass is 10.1. The molecule has 0 aliphatic heterocycles. The van der Waals surface area contributed by atoms with Crippen LogP contribution in [0.2, 0.25) is 0 Å². The summed E-state index contributed by atoms with van der Waals surface area (Å²) in [6.07, 6.45) is -4.50. The Labute approximate surface area is 119 Å². The molecule has 1 heterocycles. The third-order valence-electron chi connectivity index (χ3n) is 2.37. The lowest BCUT2D eigenvalue weighted by molar-refractivity contribution is -0.137. The number of fused-ring (bicyclic) bond motifs is 1. The summed E-state index contributed by atoms with van der Waals surface area (Å²) in [5.74, 6) is 0.701. The van der Waals surface area contributed by atoms with Gasteiger partial charge >= 0.3 is 6.18 Å². The molecule has 0 radical (unpaired) electrons. The van der Waals surface area contributed by atoms with E-state index in [1.54, 1.807) is 0 Å². The molecule has 0 atom stereocenters. The predicted molar refractivity (Wildman–Crippen MR) is 71.6 cm³/mol. The average Bonchev–Trinajstić information content (AvgIpc) is 2.29. The van der Waals surface area contributed by atoms with E-state index in [0.29, 0.717) is 10.8 Å². The topological polar surface area (TPSA) is 30.2 Å². The van der Waals surface area contributed by atoms with E-state index in [9.17, 15) is 18.0 Å². The van der Waals surface area contributed by atoms with Gasteiger partial charge in [-0.15, -0.1) is 0 Å². The highest BCUT2D eigenvalue weighted by Crippen LogP contribution is 2.35. The molecule has 1 aromatic carbocycles. The van der Waals surface area contributed by atoms with Gasteiger partial charge in [0.05, 0.1) is 15.4 Å². The fourth-order valence-electron chi connectivity index (χ4n) is 1.57. The van der Waals surface area contributed by atoms with Crippen molar-refractivity contribution in [3.8, 4) is 0 Å². The summed E-state index contributed by atoms with van der Waals surface area (Å²) in [6, 6.07) is 2.93. The van der Waals surface area contributed by atoms with E-state index < -0.39 is 17.2 Å². The number of hydrogen-bond acceptors (Lipinski definition) is 3. The van der Waals surface area contributed by atoms with Crippen LogP contribution in [-0.4, -0.2) is 5.75 Å². The van der Waals surface area contributed by atoms with Gasteiger partial charge in [-0.05, 0) is 33.8 Å². The lowest BCUT2D eigenvalue weighted by Gasteiger charge is -2.09. The van der Waals surface area contributed by atoms with E-state index in [1.807, 2.05) is 6.92 Å². The summed E-state index contributed by atoms with van der Waals surface area (Å²) in [6.45, 7) is 1.89. The minimum atomic E-state index is -4.50. The second-order valence-corrected chi connectivity index (χ2v) is 5.82. The van der Waals surface area contributed by atoms with Crippen molar-refractivity contribution in [2.24, 2.45) is 0 Å². The zero-order valence-electron chi connectivity index (χ0n) is 9.68. The first-order valence-corrected chi connectivity index (χ1v) is 7.08. The van der Waals surface area contributed by atoms with Crippen LogP contribution in [0.1, 0.15) is 12.5 Å². The van der Waals surface area contributed by atoms with E-state index >= 15 is 0 Å². The molecule has 0 fully saturated rings. The highest BCUT2D eigenvalue weighted by atomic mass is 79.9. The molecular formula is C12H8BrF3O2S. The SMILES string of the molecule is CCSc1cc(=O)c2cc(C(F)(F)F)cc(Br)c2o1. The molecule has 0 unspecified atom stereocenters. The van der Waals surface area contributed by atoms with Crippen molar-refractivity contribution in [3.05, 3.63) is 38.5 Å². The standard InChI is InChI=1S/C12H8BrF3O2S/c1-2-19-10-5-9(17)7-3-6(12(14,15)16)4-8(13)11(7)18-10/h3-5H,2H2,1H3. The fraction of sp³-hybridized carbons (Fsp3) is 0.250. The van der Waals surface area contributed by atoms with Gasteiger partial charge in [0, 0.05) is 6.07 Å². The van der Waals surface area contributed by atoms with Crippen LogP contribution in [0.4, 0.5) is 13.2 Å². The van der Waals surface area contributed by atoms with Crippen molar-refractivity contribution in [2.45, 2.75) is 18.2 Å². The molecule has 0 aliphatic carbocycles. The van der Waals surface area contributed by atoms with Crippen LogP contribution in [0.5, 0.6) is 0 Å². The monoisotopic (exact) mass is 352 g/mol. The maximum absolute atomic E-state index is 12.7. The van der Waals surface area contributed by atoms with Crippen molar-refractivity contribution in [3.63, 3.8) is 0 Å². The molecule has 0 amide bonds. The van der Waals surface area contributed by atoms with Gasteiger partial charge < -0.3 is 4.42 Å². The van der Waals surface area contributed by atoms with Crippen LogP contribution in [0.25, 0.3) is 11.0 Å². The first kappa shape index (κ1) is 14.5. The Morgan fingerprint density at radius 3 is 2.58 bits per heavy atom. The number of halogens is 4. The number of benzene rings is 1. The van der Waals surface area contributed by atoms with Crippen LogP contribution in [-0.2, 0) is 6.18 Å². The first-order valence-electron chi connectivity index (χ1n) is 5.30. The molecule has 1 aromatic heterocycles. The summed E-state index contributed by atoms with van der Waals surface area (Å²) in [7, 11) is 0. The molecular weight excluding hydrogens is 345 g/mol. The summed E-state index contributed by atoms with van der Waals surface area (Å²) >= 11 is 4.33. The third-order valence-corrected chi connectivity index (χ3v) is 3.74. The van der Waals surface area contributed by atoms with Gasteiger partial charge in [-0.2, -0.15) is 13.2 Å². The normalized spacial score (nSPS) is 12.1. The van der Waals surface area contributed by atoms with Crippen molar-refractivity contribution in [1.82, 2.24) is 0 Å². The Morgan fingerprint density at radius 1 is 1.32 bits per heavy atom. The number of alkyl halides is 3. The van der Waals surface area contributed by atoms with Crippen molar-refractivity contribution < 1.29 is 17.6 Å². The molecule has 0 aliphatic rings. The zero-order valence-corrected chi connectivity index (χ0v) is 12.1. The summed E-state index contributed by atoms with van der Waals surface area (Å²) in [5, 5.41) is 0.308. The Bertz CT molecular complexity index is 679. The molecule has 0 N–H and O–H groups in total. The van der Waals surface area contributed by atoms with Crippen LogP contribution in [0.15, 0.2) is 37.0 Å². The Kier molecular flexibility index (Phi) is 3.96. The highest BCUT2D eigenvalue weighted by molar-refractivity contribution is 9.10. The minimum absolute atomic E-state index is 0.0813. The maximum Gasteiger partial charge on any atom is 0.416 e. The molecule has 0 spiro atoms. The highest BCUT2D eigenvalue weighted by Gasteiger charge is 2.31. The second-order valence-electron chi connectivity index (χ2n) is 3.70. The summed E-state index contributed by atoms with van der Waals surface area (Å²) in [4.78, 5) is 11.8. The van der Waals surface area contributed by atoms with Gasteiger partial charge in [0.15, 0.2) is 16.1 Å². The number of thioether (sulfide) groups is 1. The maximum atomic E-state index is 12.7. The van der Waals surface area contributed by atoms with Crippen LogP contribution >= 0.6 is 27.7 Å². The lowest BCUT2D eigenvalue weighted by Crippen LogP contribution is -2.08. The molecule has 7 heteroatoms. The third kappa shape index (κ3) is 2.97. The van der Waals surface area contributed by atoms with Gasteiger partial charge in [0.25, 0.3) is 0 Å². The molecule has 0 bridgehead atoms. The molecule has 2 nitrogen and oxygen atoms in total. The Balaban J connectivity index is 2.73. The van der Waals surface area contributed by atoms with Crippen LogP contribution in [0, 0.1) is 0 Å². The predicted octanol–water partition coefficient (Wildman–Crippen LogP) is 4.69. The van der Waals surface area contributed by atoms with E-state index in [-0.39, 0.29) is 15.4 Å². The van der Waals surface area contributed by atoms with E-state index in [0.717, 1.165) is 12.1 Å². The van der Waals surface area contributed by atoms with E-state index in [1.165, 1.54) is 17.8 Å². The van der Waals surface area contributed by atoms with Crippen LogP contribution in [0.3, 0.4) is 0 Å². The van der Waals surface area contributed by atoms with Gasteiger partial charge in [-0.3, -0.25) is 4.79 Å².